The summed E-state index contributed by atoms with van der Waals surface area (Å²) in [7, 11) is 0. The zero-order valence-electron chi connectivity index (χ0n) is 5.15. The van der Waals surface area contributed by atoms with Gasteiger partial charge in [-0.25, -0.2) is 0 Å². The summed E-state index contributed by atoms with van der Waals surface area (Å²) in [6.07, 6.45) is 0.176. The Morgan fingerprint density at radius 1 is 1.89 bits per heavy atom. The molecule has 9 heavy (non-hydrogen) atoms. The van der Waals surface area contributed by atoms with Gasteiger partial charge in [-0.2, -0.15) is 5.06 Å². The van der Waals surface area contributed by atoms with E-state index in [0.717, 1.165) is 5.06 Å². The van der Waals surface area contributed by atoms with Gasteiger partial charge >= 0.3 is 0 Å². The summed E-state index contributed by atoms with van der Waals surface area (Å²) < 4.78 is 0. The molecule has 4 nitrogen and oxygen atoms in total. The molecule has 1 amide bonds. The lowest BCUT2D eigenvalue weighted by molar-refractivity contribution is -0.192. The van der Waals surface area contributed by atoms with Crippen LogP contribution in [0.1, 0.15) is 13.3 Å². The Kier molecular flexibility index (Phi) is 1.68. The van der Waals surface area contributed by atoms with Crippen molar-refractivity contribution < 1.29 is 14.7 Å². The molecule has 2 unspecified atom stereocenters. The third-order valence-electron chi connectivity index (χ3n) is 1.24. The fraction of sp³-hybridized carbons (Fsp3) is 0.800. The Hall–Kier alpha value is -0.610. The molecule has 0 aromatic rings. The van der Waals surface area contributed by atoms with Gasteiger partial charge in [-0.1, -0.05) is 0 Å². The molecule has 1 N–H and O–H groups in total. The van der Waals surface area contributed by atoms with Crippen LogP contribution in [0.15, 0.2) is 0 Å². The van der Waals surface area contributed by atoms with E-state index in [1.807, 2.05) is 0 Å². The molecule has 4 heteroatoms. The largest absolute Gasteiger partial charge is 0.371 e. The number of carbonyl (C=O) groups is 1. The summed E-state index contributed by atoms with van der Waals surface area (Å²) in [5, 5.41) is 9.85. The van der Waals surface area contributed by atoms with Crippen LogP contribution in [-0.2, 0) is 9.63 Å². The van der Waals surface area contributed by atoms with Crippen molar-refractivity contribution in [2.24, 2.45) is 0 Å². The van der Waals surface area contributed by atoms with Crippen LogP contribution in [0.25, 0.3) is 0 Å². The smallest absolute Gasteiger partial charge is 0.235 e. The van der Waals surface area contributed by atoms with Crippen LogP contribution in [0.4, 0.5) is 0 Å². The van der Waals surface area contributed by atoms with Crippen LogP contribution in [0, 0.1) is 0 Å². The average Bonchev–Trinajstić information content (AvgIpc) is 2.10. The quantitative estimate of drug-likeness (QED) is 0.487. The van der Waals surface area contributed by atoms with Gasteiger partial charge < -0.3 is 5.11 Å². The highest BCUT2D eigenvalue weighted by Gasteiger charge is 2.27. The minimum absolute atomic E-state index is 0.0507. The second-order valence-electron chi connectivity index (χ2n) is 2.10. The van der Waals surface area contributed by atoms with E-state index >= 15 is 0 Å². The SMILES string of the molecule is CC1CC(O)N(C=O)O1. The number of rotatable bonds is 1. The lowest BCUT2D eigenvalue weighted by Crippen LogP contribution is -2.25. The van der Waals surface area contributed by atoms with E-state index in [-0.39, 0.29) is 6.10 Å². The molecule has 1 rings (SSSR count). The predicted octanol–water partition coefficient (Wildman–Crippen LogP) is -0.513. The fourth-order valence-electron chi connectivity index (χ4n) is 0.817. The van der Waals surface area contributed by atoms with Crippen molar-refractivity contribution in [1.82, 2.24) is 5.06 Å². The summed E-state index contributed by atoms with van der Waals surface area (Å²) in [5.41, 5.74) is 0. The van der Waals surface area contributed by atoms with Crippen molar-refractivity contribution in [3.63, 3.8) is 0 Å². The second kappa shape index (κ2) is 2.33. The summed E-state index contributed by atoms with van der Waals surface area (Å²) in [5.74, 6) is 0. The number of carbonyl (C=O) groups excluding carboxylic acids is 1. The van der Waals surface area contributed by atoms with Gasteiger partial charge in [-0.05, 0) is 6.92 Å². The second-order valence-corrected chi connectivity index (χ2v) is 2.10. The van der Waals surface area contributed by atoms with E-state index < -0.39 is 6.23 Å². The Morgan fingerprint density at radius 2 is 2.56 bits per heavy atom. The highest BCUT2D eigenvalue weighted by molar-refractivity contribution is 5.45. The van der Waals surface area contributed by atoms with E-state index in [1.165, 1.54) is 0 Å². The molecule has 0 aliphatic carbocycles. The molecular weight excluding hydrogens is 122 g/mol. The van der Waals surface area contributed by atoms with Crippen LogP contribution >= 0.6 is 0 Å². The molecule has 0 bridgehead atoms. The normalized spacial score (nSPS) is 35.1. The summed E-state index contributed by atoms with van der Waals surface area (Å²) >= 11 is 0. The summed E-state index contributed by atoms with van der Waals surface area (Å²) in [4.78, 5) is 14.8. The van der Waals surface area contributed by atoms with Gasteiger partial charge in [0.25, 0.3) is 0 Å². The lowest BCUT2D eigenvalue weighted by atomic mass is 10.3. The molecule has 1 saturated heterocycles. The van der Waals surface area contributed by atoms with Crippen molar-refractivity contribution in [3.8, 4) is 0 Å². The minimum Gasteiger partial charge on any atom is -0.371 e. The Labute approximate surface area is 53.0 Å². The molecule has 0 saturated carbocycles. The van der Waals surface area contributed by atoms with Gasteiger partial charge in [-0.3, -0.25) is 9.63 Å². The number of amides is 1. The van der Waals surface area contributed by atoms with Crippen LogP contribution in [0.2, 0.25) is 0 Å². The number of hydrogen-bond donors (Lipinski definition) is 1. The molecule has 2 atom stereocenters. The van der Waals surface area contributed by atoms with Gasteiger partial charge in [-0.15, -0.1) is 0 Å². The highest BCUT2D eigenvalue weighted by atomic mass is 16.7. The van der Waals surface area contributed by atoms with E-state index in [2.05, 4.69) is 0 Å². The first-order valence-corrected chi connectivity index (χ1v) is 2.82. The molecule has 1 heterocycles. The summed E-state index contributed by atoms with van der Waals surface area (Å²) in [6.45, 7) is 1.80. The van der Waals surface area contributed by atoms with Crippen molar-refractivity contribution >= 4 is 6.41 Å². The van der Waals surface area contributed by atoms with E-state index in [9.17, 15) is 4.79 Å². The Morgan fingerprint density at radius 3 is 2.78 bits per heavy atom. The summed E-state index contributed by atoms with van der Waals surface area (Å²) in [6, 6.07) is 0. The van der Waals surface area contributed by atoms with Crippen molar-refractivity contribution in [3.05, 3.63) is 0 Å². The molecule has 52 valence electrons. The molecule has 0 spiro atoms. The molecule has 1 aliphatic rings. The van der Waals surface area contributed by atoms with Gasteiger partial charge in [0.1, 0.15) is 0 Å². The van der Waals surface area contributed by atoms with Crippen LogP contribution in [0.5, 0.6) is 0 Å². The lowest BCUT2D eigenvalue weighted by Gasteiger charge is -2.10. The zero-order valence-corrected chi connectivity index (χ0v) is 5.15. The highest BCUT2D eigenvalue weighted by Crippen LogP contribution is 2.15. The maximum Gasteiger partial charge on any atom is 0.235 e. The molecule has 1 fully saturated rings. The van der Waals surface area contributed by atoms with Crippen LogP contribution < -0.4 is 0 Å². The van der Waals surface area contributed by atoms with Crippen molar-refractivity contribution in [2.45, 2.75) is 25.7 Å². The van der Waals surface area contributed by atoms with Gasteiger partial charge in [0.2, 0.25) is 6.41 Å². The first kappa shape index (κ1) is 6.51. The fourth-order valence-corrected chi connectivity index (χ4v) is 0.817. The van der Waals surface area contributed by atoms with Crippen molar-refractivity contribution in [1.29, 1.82) is 0 Å². The third kappa shape index (κ3) is 1.20. The average molecular weight is 131 g/mol. The van der Waals surface area contributed by atoms with Crippen molar-refractivity contribution in [2.75, 3.05) is 0 Å². The van der Waals surface area contributed by atoms with Crippen LogP contribution in [0.3, 0.4) is 0 Å². The zero-order chi connectivity index (χ0) is 6.85. The van der Waals surface area contributed by atoms with E-state index in [1.54, 1.807) is 6.92 Å². The number of hydroxylamine groups is 2. The molecule has 0 aromatic carbocycles. The van der Waals surface area contributed by atoms with Crippen LogP contribution in [-0.4, -0.2) is 28.9 Å². The number of aliphatic hydroxyl groups excluding tert-OH is 1. The molecule has 1 aliphatic heterocycles. The van der Waals surface area contributed by atoms with E-state index in [0.29, 0.717) is 12.8 Å². The van der Waals surface area contributed by atoms with Gasteiger partial charge in [0.15, 0.2) is 6.23 Å². The number of aliphatic hydroxyl groups is 1. The van der Waals surface area contributed by atoms with E-state index in [4.69, 9.17) is 9.94 Å². The Balaban J connectivity index is 2.47. The maximum absolute atomic E-state index is 10.0. The molecule has 0 aromatic heterocycles. The predicted molar refractivity (Wildman–Crippen MR) is 29.1 cm³/mol. The first-order chi connectivity index (χ1) is 4.24. The third-order valence-corrected chi connectivity index (χ3v) is 1.24. The van der Waals surface area contributed by atoms with Gasteiger partial charge in [0.05, 0.1) is 6.10 Å². The Bertz CT molecular complexity index is 117. The molecular formula is C5H9NO3. The minimum atomic E-state index is -0.752. The topological polar surface area (TPSA) is 49.8 Å². The molecule has 0 radical (unpaired) electrons. The number of hydrogen-bond acceptors (Lipinski definition) is 3. The standard InChI is InChI=1S/C5H9NO3/c1-4-2-5(8)6(3-7)9-4/h3-5,8H,2H2,1H3. The first-order valence-electron chi connectivity index (χ1n) is 2.82. The number of nitrogens with zero attached hydrogens (tertiary/aromatic N) is 1. The van der Waals surface area contributed by atoms with Gasteiger partial charge in [0, 0.05) is 6.42 Å². The maximum atomic E-state index is 10.0. The monoisotopic (exact) mass is 131 g/mol.